The van der Waals surface area contributed by atoms with Crippen LogP contribution in [0.15, 0.2) is 47.6 Å². The van der Waals surface area contributed by atoms with E-state index in [2.05, 4.69) is 20.8 Å². The Hall–Kier alpha value is -3.97. The fourth-order valence-corrected chi connectivity index (χ4v) is 3.82. The molecule has 35 heavy (non-hydrogen) atoms. The molecule has 0 saturated carbocycles. The lowest BCUT2D eigenvalue weighted by Crippen LogP contribution is -2.32. The number of aromatic nitrogens is 3. The van der Waals surface area contributed by atoms with Crippen LogP contribution >= 0.6 is 11.8 Å². The normalized spacial score (nSPS) is 11.5. The van der Waals surface area contributed by atoms with Gasteiger partial charge in [-0.1, -0.05) is 17.8 Å². The number of carbonyl (C=O) groups is 2. The second-order valence-electron chi connectivity index (χ2n) is 7.43. The topological polar surface area (TPSA) is 162 Å². The number of methoxy groups -OCH3 is 1. The summed E-state index contributed by atoms with van der Waals surface area (Å²) in [5.41, 5.74) is 1.30. The number of nitrogens with one attached hydrogen (secondary N) is 2. The Morgan fingerprint density at radius 2 is 1.94 bits per heavy atom. The third kappa shape index (κ3) is 6.33. The summed E-state index contributed by atoms with van der Waals surface area (Å²) in [5.74, 6) is 0.104. The van der Waals surface area contributed by atoms with Crippen molar-refractivity contribution in [3.63, 3.8) is 0 Å². The minimum absolute atomic E-state index is 0.0316. The van der Waals surface area contributed by atoms with Gasteiger partial charge in [-0.05, 0) is 36.8 Å². The van der Waals surface area contributed by atoms with E-state index in [1.807, 2.05) is 0 Å². The van der Waals surface area contributed by atoms with Gasteiger partial charge in [0.25, 0.3) is 11.6 Å². The van der Waals surface area contributed by atoms with Gasteiger partial charge in [0.15, 0.2) is 11.0 Å². The fourth-order valence-electron chi connectivity index (χ4n) is 3.11. The van der Waals surface area contributed by atoms with Gasteiger partial charge in [0, 0.05) is 24.7 Å². The Labute approximate surface area is 204 Å². The van der Waals surface area contributed by atoms with Gasteiger partial charge < -0.3 is 25.0 Å². The van der Waals surface area contributed by atoms with Gasteiger partial charge in [0.1, 0.15) is 11.8 Å². The zero-order valence-electron chi connectivity index (χ0n) is 19.2. The van der Waals surface area contributed by atoms with E-state index in [0.29, 0.717) is 33.5 Å². The first-order valence-corrected chi connectivity index (χ1v) is 11.3. The van der Waals surface area contributed by atoms with E-state index in [1.54, 1.807) is 48.9 Å². The summed E-state index contributed by atoms with van der Waals surface area (Å²) in [5, 5.41) is 34.7. The molecule has 3 aromatic rings. The van der Waals surface area contributed by atoms with Crippen LogP contribution in [-0.4, -0.2) is 56.1 Å². The first kappa shape index (κ1) is 25.6. The fraction of sp³-hybridized carbons (Fsp3) is 0.273. The SMILES string of the molecule is COc1ccc(C(=O)N[C@H](CO)c2nnc(SCC(=O)Nc3cc([N+](=O)[O-])ccc3C)n2C)cc1. The summed E-state index contributed by atoms with van der Waals surface area (Å²) in [6.07, 6.45) is 0. The highest BCUT2D eigenvalue weighted by Gasteiger charge is 2.22. The van der Waals surface area contributed by atoms with Crippen LogP contribution in [-0.2, 0) is 11.8 Å². The van der Waals surface area contributed by atoms with E-state index in [-0.39, 0.29) is 17.3 Å². The molecule has 0 radical (unpaired) electrons. The maximum Gasteiger partial charge on any atom is 0.271 e. The van der Waals surface area contributed by atoms with Gasteiger partial charge in [-0.25, -0.2) is 0 Å². The molecule has 0 spiro atoms. The molecule has 0 bridgehead atoms. The maximum absolute atomic E-state index is 12.6. The van der Waals surface area contributed by atoms with E-state index in [9.17, 15) is 24.8 Å². The van der Waals surface area contributed by atoms with Crippen molar-refractivity contribution in [2.24, 2.45) is 7.05 Å². The van der Waals surface area contributed by atoms with Crippen LogP contribution in [0.2, 0.25) is 0 Å². The van der Waals surface area contributed by atoms with Crippen molar-refractivity contribution in [2.45, 2.75) is 18.1 Å². The number of nitrogens with zero attached hydrogens (tertiary/aromatic N) is 4. The number of amides is 2. The number of nitro groups is 1. The number of rotatable bonds is 10. The summed E-state index contributed by atoms with van der Waals surface area (Å²) in [6.45, 7) is 1.32. The van der Waals surface area contributed by atoms with E-state index in [1.165, 1.54) is 19.2 Å². The lowest BCUT2D eigenvalue weighted by Gasteiger charge is -2.16. The van der Waals surface area contributed by atoms with Crippen LogP contribution in [0.1, 0.15) is 27.8 Å². The van der Waals surface area contributed by atoms with Crippen molar-refractivity contribution >= 4 is 35.0 Å². The average molecular weight is 501 g/mol. The van der Waals surface area contributed by atoms with Crippen molar-refractivity contribution in [3.05, 3.63) is 69.5 Å². The summed E-state index contributed by atoms with van der Waals surface area (Å²) in [6, 6.07) is 9.91. The van der Waals surface area contributed by atoms with Crippen molar-refractivity contribution in [2.75, 3.05) is 24.8 Å². The zero-order chi connectivity index (χ0) is 25.5. The van der Waals surface area contributed by atoms with Crippen LogP contribution in [0, 0.1) is 17.0 Å². The van der Waals surface area contributed by atoms with E-state index >= 15 is 0 Å². The molecule has 1 aromatic heterocycles. The Bertz CT molecular complexity index is 1230. The van der Waals surface area contributed by atoms with E-state index < -0.39 is 23.5 Å². The third-order valence-corrected chi connectivity index (χ3v) is 6.08. The number of aliphatic hydroxyl groups is 1. The number of nitro benzene ring substituents is 1. The van der Waals surface area contributed by atoms with Crippen LogP contribution in [0.3, 0.4) is 0 Å². The molecule has 184 valence electrons. The minimum Gasteiger partial charge on any atom is -0.497 e. The maximum atomic E-state index is 12.6. The number of anilines is 1. The van der Waals surface area contributed by atoms with Gasteiger partial charge in [0.05, 0.1) is 30.1 Å². The smallest absolute Gasteiger partial charge is 0.271 e. The number of carbonyl (C=O) groups excluding carboxylic acids is 2. The molecule has 0 aliphatic carbocycles. The number of benzene rings is 2. The number of hydrogen-bond acceptors (Lipinski definition) is 9. The summed E-state index contributed by atoms with van der Waals surface area (Å²) >= 11 is 1.09. The molecule has 0 unspecified atom stereocenters. The highest BCUT2D eigenvalue weighted by Crippen LogP contribution is 2.23. The lowest BCUT2D eigenvalue weighted by atomic mass is 10.2. The highest BCUT2D eigenvalue weighted by molar-refractivity contribution is 7.99. The summed E-state index contributed by atoms with van der Waals surface area (Å²) < 4.78 is 6.66. The number of aliphatic hydroxyl groups excluding tert-OH is 1. The van der Waals surface area contributed by atoms with Crippen molar-refractivity contribution in [3.8, 4) is 5.75 Å². The molecule has 0 fully saturated rings. The molecule has 12 nitrogen and oxygen atoms in total. The van der Waals surface area contributed by atoms with Crippen molar-refractivity contribution < 1.29 is 24.4 Å². The number of aryl methyl sites for hydroxylation is 1. The van der Waals surface area contributed by atoms with Crippen molar-refractivity contribution in [1.82, 2.24) is 20.1 Å². The molecule has 3 rings (SSSR count). The summed E-state index contributed by atoms with van der Waals surface area (Å²) in [7, 11) is 3.18. The molecule has 0 aliphatic heterocycles. The molecule has 3 N–H and O–H groups in total. The predicted octanol–water partition coefficient (Wildman–Crippen LogP) is 2.23. The first-order valence-electron chi connectivity index (χ1n) is 10.4. The van der Waals surface area contributed by atoms with E-state index in [0.717, 1.165) is 11.8 Å². The van der Waals surface area contributed by atoms with Crippen LogP contribution < -0.4 is 15.4 Å². The second kappa shape index (κ2) is 11.4. The molecule has 2 aromatic carbocycles. The molecule has 13 heteroatoms. The molecule has 0 saturated heterocycles. The molecule has 1 atom stereocenters. The van der Waals surface area contributed by atoms with Gasteiger partial charge >= 0.3 is 0 Å². The summed E-state index contributed by atoms with van der Waals surface area (Å²) in [4.78, 5) is 35.4. The molecule has 1 heterocycles. The first-order chi connectivity index (χ1) is 16.7. The predicted molar refractivity (Wildman–Crippen MR) is 128 cm³/mol. The van der Waals surface area contributed by atoms with E-state index in [4.69, 9.17) is 4.74 Å². The van der Waals surface area contributed by atoms with Gasteiger partial charge in [0.2, 0.25) is 5.91 Å². The van der Waals surface area contributed by atoms with Crippen molar-refractivity contribution in [1.29, 1.82) is 0 Å². The standard InChI is InChI=1S/C22H24N6O6S/c1-13-4-7-15(28(32)33)10-17(13)23-19(30)12-35-22-26-25-20(27(22)2)18(11-29)24-21(31)14-5-8-16(34-3)9-6-14/h4-10,18,29H,11-12H2,1-3H3,(H,23,30)(H,24,31)/t18-/m1/s1. The molecule has 2 amide bonds. The quantitative estimate of drug-likeness (QED) is 0.215. The number of thioether (sulfide) groups is 1. The van der Waals surface area contributed by atoms with Gasteiger partial charge in [-0.2, -0.15) is 0 Å². The minimum atomic E-state index is -0.821. The average Bonchev–Trinajstić information content (AvgIpc) is 3.22. The van der Waals surface area contributed by atoms with Crippen LogP contribution in [0.4, 0.5) is 11.4 Å². The van der Waals surface area contributed by atoms with Crippen LogP contribution in [0.25, 0.3) is 0 Å². The molecular formula is C22H24N6O6S. The monoisotopic (exact) mass is 500 g/mol. The second-order valence-corrected chi connectivity index (χ2v) is 8.37. The Balaban J connectivity index is 1.63. The van der Waals surface area contributed by atoms with Crippen LogP contribution in [0.5, 0.6) is 5.75 Å². The number of ether oxygens (including phenoxy) is 1. The molecule has 0 aliphatic rings. The highest BCUT2D eigenvalue weighted by atomic mass is 32.2. The Morgan fingerprint density at radius 3 is 2.57 bits per heavy atom. The third-order valence-electron chi connectivity index (χ3n) is 5.06. The van der Waals surface area contributed by atoms with Gasteiger partial charge in [-0.15, -0.1) is 10.2 Å². The largest absolute Gasteiger partial charge is 0.497 e. The number of hydrogen-bond donors (Lipinski definition) is 3. The van der Waals surface area contributed by atoms with Gasteiger partial charge in [-0.3, -0.25) is 19.7 Å². The lowest BCUT2D eigenvalue weighted by molar-refractivity contribution is -0.384. The number of non-ortho nitro benzene ring substituents is 1. The molecular weight excluding hydrogens is 476 g/mol. The Morgan fingerprint density at radius 1 is 1.23 bits per heavy atom. The Kier molecular flexibility index (Phi) is 8.39. The zero-order valence-corrected chi connectivity index (χ0v) is 20.0.